The third-order valence-corrected chi connectivity index (χ3v) is 2.00. The van der Waals surface area contributed by atoms with Gasteiger partial charge in [0.25, 0.3) is 0 Å². The SMILES string of the molecule is O[C@H]1CCN(CC(F)(F)C(F)F)C1. The van der Waals surface area contributed by atoms with E-state index in [4.69, 9.17) is 5.11 Å². The van der Waals surface area contributed by atoms with E-state index in [2.05, 4.69) is 0 Å². The van der Waals surface area contributed by atoms with E-state index in [1.165, 1.54) is 0 Å². The van der Waals surface area contributed by atoms with Gasteiger partial charge in [0, 0.05) is 13.1 Å². The van der Waals surface area contributed by atoms with Gasteiger partial charge in [-0.25, -0.2) is 8.78 Å². The van der Waals surface area contributed by atoms with Gasteiger partial charge >= 0.3 is 12.3 Å². The van der Waals surface area contributed by atoms with Gasteiger partial charge in [0.2, 0.25) is 0 Å². The summed E-state index contributed by atoms with van der Waals surface area (Å²) in [5, 5.41) is 8.96. The van der Waals surface area contributed by atoms with Crippen LogP contribution in [-0.4, -0.2) is 48.1 Å². The third-order valence-electron chi connectivity index (χ3n) is 2.00. The van der Waals surface area contributed by atoms with Gasteiger partial charge in [-0.15, -0.1) is 0 Å². The molecule has 13 heavy (non-hydrogen) atoms. The average molecular weight is 201 g/mol. The van der Waals surface area contributed by atoms with Crippen molar-refractivity contribution in [2.45, 2.75) is 24.9 Å². The molecular formula is C7H11F4NO. The number of alkyl halides is 4. The van der Waals surface area contributed by atoms with Crippen molar-refractivity contribution in [3.05, 3.63) is 0 Å². The van der Waals surface area contributed by atoms with E-state index < -0.39 is 25.0 Å². The number of hydrogen-bond acceptors (Lipinski definition) is 2. The average Bonchev–Trinajstić information content (AvgIpc) is 2.34. The fraction of sp³-hybridized carbons (Fsp3) is 1.00. The highest BCUT2D eigenvalue weighted by atomic mass is 19.3. The second-order valence-corrected chi connectivity index (χ2v) is 3.24. The van der Waals surface area contributed by atoms with Crippen LogP contribution in [0.5, 0.6) is 0 Å². The molecule has 1 atom stereocenters. The molecule has 0 spiro atoms. The molecular weight excluding hydrogens is 190 g/mol. The summed E-state index contributed by atoms with van der Waals surface area (Å²) in [4.78, 5) is 1.15. The topological polar surface area (TPSA) is 23.5 Å². The van der Waals surface area contributed by atoms with E-state index >= 15 is 0 Å². The van der Waals surface area contributed by atoms with Crippen molar-refractivity contribution in [1.82, 2.24) is 4.90 Å². The normalized spacial score (nSPS) is 25.8. The predicted octanol–water partition coefficient (Wildman–Crippen LogP) is 0.953. The van der Waals surface area contributed by atoms with Gasteiger partial charge in [0.1, 0.15) is 0 Å². The van der Waals surface area contributed by atoms with Crippen LogP contribution in [0, 0.1) is 0 Å². The fourth-order valence-corrected chi connectivity index (χ4v) is 1.32. The van der Waals surface area contributed by atoms with E-state index in [0.29, 0.717) is 6.42 Å². The quantitative estimate of drug-likeness (QED) is 0.687. The third kappa shape index (κ3) is 2.80. The van der Waals surface area contributed by atoms with E-state index in [-0.39, 0.29) is 13.1 Å². The highest BCUT2D eigenvalue weighted by Gasteiger charge is 2.43. The molecule has 0 aromatic carbocycles. The van der Waals surface area contributed by atoms with Crippen LogP contribution in [-0.2, 0) is 0 Å². The van der Waals surface area contributed by atoms with Gasteiger partial charge in [-0.1, -0.05) is 0 Å². The minimum atomic E-state index is -3.97. The first-order valence-corrected chi connectivity index (χ1v) is 3.98. The second-order valence-electron chi connectivity index (χ2n) is 3.24. The van der Waals surface area contributed by atoms with Gasteiger partial charge in [-0.05, 0) is 6.42 Å². The molecule has 0 radical (unpaired) electrons. The Morgan fingerprint density at radius 3 is 2.46 bits per heavy atom. The second kappa shape index (κ2) is 3.79. The van der Waals surface area contributed by atoms with Crippen molar-refractivity contribution in [2.75, 3.05) is 19.6 Å². The first-order chi connectivity index (χ1) is 5.92. The number of likely N-dealkylation sites (tertiary alicyclic amines) is 1. The van der Waals surface area contributed by atoms with Crippen LogP contribution in [0.1, 0.15) is 6.42 Å². The molecule has 1 heterocycles. The maximum Gasteiger partial charge on any atom is 0.319 e. The summed E-state index contributed by atoms with van der Waals surface area (Å²) in [5.74, 6) is -3.97. The molecule has 0 aliphatic carbocycles. The smallest absolute Gasteiger partial charge is 0.319 e. The molecule has 1 aliphatic heterocycles. The summed E-state index contributed by atoms with van der Waals surface area (Å²) < 4.78 is 48.4. The molecule has 0 aromatic heterocycles. The summed E-state index contributed by atoms with van der Waals surface area (Å²) in [5.41, 5.74) is 0. The Kier molecular flexibility index (Phi) is 3.13. The van der Waals surface area contributed by atoms with Crippen molar-refractivity contribution in [3.8, 4) is 0 Å². The van der Waals surface area contributed by atoms with Gasteiger partial charge in [0.15, 0.2) is 0 Å². The standard InChI is InChI=1S/C7H11F4NO/c8-6(9)7(10,11)4-12-2-1-5(13)3-12/h5-6,13H,1-4H2/t5-/m0/s1. The molecule has 78 valence electrons. The van der Waals surface area contributed by atoms with Gasteiger partial charge in [0.05, 0.1) is 12.6 Å². The minimum Gasteiger partial charge on any atom is -0.392 e. The molecule has 2 nitrogen and oxygen atoms in total. The highest BCUT2D eigenvalue weighted by molar-refractivity contribution is 4.81. The largest absolute Gasteiger partial charge is 0.392 e. The minimum absolute atomic E-state index is 0.0578. The van der Waals surface area contributed by atoms with Crippen molar-refractivity contribution in [3.63, 3.8) is 0 Å². The van der Waals surface area contributed by atoms with Crippen molar-refractivity contribution in [2.24, 2.45) is 0 Å². The lowest BCUT2D eigenvalue weighted by Gasteiger charge is -2.22. The number of β-amino-alcohol motifs (C(OH)–C–C–N with tert-alkyl or cyclic N) is 1. The van der Waals surface area contributed by atoms with Crippen LogP contribution in [0.25, 0.3) is 0 Å². The molecule has 0 saturated carbocycles. The summed E-state index contributed by atoms with van der Waals surface area (Å²) in [6, 6.07) is 0. The molecule has 1 N–H and O–H groups in total. The molecule has 6 heteroatoms. The van der Waals surface area contributed by atoms with Crippen LogP contribution in [0.4, 0.5) is 17.6 Å². The first kappa shape index (κ1) is 10.7. The molecule has 1 aliphatic rings. The van der Waals surface area contributed by atoms with Crippen LogP contribution in [0.2, 0.25) is 0 Å². The lowest BCUT2D eigenvalue weighted by molar-refractivity contribution is -0.140. The lowest BCUT2D eigenvalue weighted by Crippen LogP contribution is -2.40. The summed E-state index contributed by atoms with van der Waals surface area (Å²) >= 11 is 0. The zero-order valence-electron chi connectivity index (χ0n) is 6.89. The van der Waals surface area contributed by atoms with Crippen LogP contribution >= 0.6 is 0 Å². The summed E-state index contributed by atoms with van der Waals surface area (Å²) in [6.07, 6.45) is -3.92. The van der Waals surface area contributed by atoms with Crippen molar-refractivity contribution in [1.29, 1.82) is 0 Å². The van der Waals surface area contributed by atoms with Gasteiger partial charge in [-0.3, -0.25) is 4.90 Å². The number of hydrogen-bond donors (Lipinski definition) is 1. The van der Waals surface area contributed by atoms with E-state index in [9.17, 15) is 17.6 Å². The van der Waals surface area contributed by atoms with E-state index in [1.54, 1.807) is 0 Å². The molecule has 1 rings (SSSR count). The molecule has 0 amide bonds. The maximum absolute atomic E-state index is 12.5. The zero-order chi connectivity index (χ0) is 10.1. The van der Waals surface area contributed by atoms with Crippen LogP contribution in [0.3, 0.4) is 0 Å². The number of nitrogens with zero attached hydrogens (tertiary/aromatic N) is 1. The molecule has 0 unspecified atom stereocenters. The lowest BCUT2D eigenvalue weighted by atomic mass is 10.3. The first-order valence-electron chi connectivity index (χ1n) is 3.98. The zero-order valence-corrected chi connectivity index (χ0v) is 6.89. The molecule has 0 bridgehead atoms. The van der Waals surface area contributed by atoms with Crippen molar-refractivity contribution < 1.29 is 22.7 Å². The highest BCUT2D eigenvalue weighted by Crippen LogP contribution is 2.25. The Morgan fingerprint density at radius 1 is 1.46 bits per heavy atom. The van der Waals surface area contributed by atoms with E-state index in [1.807, 2.05) is 0 Å². The molecule has 0 aromatic rings. The Hall–Kier alpha value is -0.360. The summed E-state index contributed by atoms with van der Waals surface area (Å²) in [6.45, 7) is -0.659. The molecule has 1 fully saturated rings. The number of aliphatic hydroxyl groups is 1. The predicted molar refractivity (Wildman–Crippen MR) is 38.0 cm³/mol. The number of aliphatic hydroxyl groups excluding tert-OH is 1. The Bertz CT molecular complexity index is 176. The summed E-state index contributed by atoms with van der Waals surface area (Å²) in [7, 11) is 0. The number of rotatable bonds is 3. The number of halogens is 4. The van der Waals surface area contributed by atoms with Gasteiger partial charge in [-0.2, -0.15) is 8.78 Å². The Labute approximate surface area is 73.1 Å². The van der Waals surface area contributed by atoms with E-state index in [0.717, 1.165) is 4.90 Å². The Balaban J connectivity index is 2.40. The molecule has 1 saturated heterocycles. The van der Waals surface area contributed by atoms with Crippen LogP contribution in [0.15, 0.2) is 0 Å². The maximum atomic E-state index is 12.5. The van der Waals surface area contributed by atoms with Crippen molar-refractivity contribution >= 4 is 0 Å². The van der Waals surface area contributed by atoms with Crippen LogP contribution < -0.4 is 0 Å². The fourth-order valence-electron chi connectivity index (χ4n) is 1.32. The Morgan fingerprint density at radius 2 is 2.08 bits per heavy atom. The monoisotopic (exact) mass is 201 g/mol. The van der Waals surface area contributed by atoms with Gasteiger partial charge < -0.3 is 5.11 Å².